The van der Waals surface area contributed by atoms with Gasteiger partial charge in [-0.05, 0) is 20.3 Å². The minimum atomic E-state index is -1.42. The first kappa shape index (κ1) is 16.7. The SMILES string of the molecule is CCCCN(CC)C(=O)NCC(C)(O)CC(=O)O. The van der Waals surface area contributed by atoms with Crippen molar-refractivity contribution in [3.8, 4) is 0 Å². The van der Waals surface area contributed by atoms with Crippen LogP contribution in [0.4, 0.5) is 4.79 Å². The molecule has 0 aromatic heterocycles. The molecule has 0 rings (SSSR count). The van der Waals surface area contributed by atoms with Crippen molar-refractivity contribution in [2.24, 2.45) is 0 Å². The number of aliphatic carboxylic acids is 1. The topological polar surface area (TPSA) is 89.9 Å². The summed E-state index contributed by atoms with van der Waals surface area (Å²) in [5.74, 6) is -1.09. The lowest BCUT2D eigenvalue weighted by Gasteiger charge is -2.25. The van der Waals surface area contributed by atoms with Crippen LogP contribution in [0.1, 0.15) is 40.0 Å². The van der Waals surface area contributed by atoms with Gasteiger partial charge in [-0.15, -0.1) is 0 Å². The van der Waals surface area contributed by atoms with Crippen molar-refractivity contribution in [3.05, 3.63) is 0 Å². The minimum absolute atomic E-state index is 0.0687. The second-order valence-electron chi connectivity index (χ2n) is 4.66. The predicted molar refractivity (Wildman–Crippen MR) is 68.4 cm³/mol. The summed E-state index contributed by atoms with van der Waals surface area (Å²) in [6.45, 7) is 6.51. The van der Waals surface area contributed by atoms with Crippen molar-refractivity contribution in [2.45, 2.75) is 45.6 Å². The molecule has 0 saturated carbocycles. The van der Waals surface area contributed by atoms with Gasteiger partial charge >= 0.3 is 12.0 Å². The summed E-state index contributed by atoms with van der Waals surface area (Å²) in [5, 5.41) is 20.9. The molecule has 0 saturated heterocycles. The first-order valence-corrected chi connectivity index (χ1v) is 6.29. The molecule has 0 heterocycles. The van der Waals surface area contributed by atoms with E-state index >= 15 is 0 Å². The molecule has 3 N–H and O–H groups in total. The van der Waals surface area contributed by atoms with Gasteiger partial charge in [0.1, 0.15) is 0 Å². The first-order chi connectivity index (χ1) is 8.32. The summed E-state index contributed by atoms with van der Waals surface area (Å²) in [6.07, 6.45) is 1.53. The van der Waals surface area contributed by atoms with Gasteiger partial charge in [-0.1, -0.05) is 13.3 Å². The molecule has 0 aliphatic rings. The molecule has 1 unspecified atom stereocenters. The van der Waals surface area contributed by atoms with Gasteiger partial charge in [0.25, 0.3) is 0 Å². The van der Waals surface area contributed by atoms with Crippen molar-refractivity contribution in [1.29, 1.82) is 0 Å². The zero-order valence-corrected chi connectivity index (χ0v) is 11.4. The third kappa shape index (κ3) is 7.11. The number of aliphatic hydroxyl groups is 1. The lowest BCUT2D eigenvalue weighted by atomic mass is 10.0. The van der Waals surface area contributed by atoms with Gasteiger partial charge in [0.2, 0.25) is 0 Å². The largest absolute Gasteiger partial charge is 0.481 e. The van der Waals surface area contributed by atoms with Crippen molar-refractivity contribution in [2.75, 3.05) is 19.6 Å². The Kier molecular flexibility index (Phi) is 7.35. The first-order valence-electron chi connectivity index (χ1n) is 6.29. The highest BCUT2D eigenvalue weighted by atomic mass is 16.4. The van der Waals surface area contributed by atoms with Crippen LogP contribution in [0.15, 0.2) is 0 Å². The van der Waals surface area contributed by atoms with E-state index in [0.29, 0.717) is 13.1 Å². The number of amides is 2. The fourth-order valence-corrected chi connectivity index (χ4v) is 1.52. The number of urea groups is 1. The van der Waals surface area contributed by atoms with E-state index in [0.717, 1.165) is 12.8 Å². The van der Waals surface area contributed by atoms with Crippen molar-refractivity contribution < 1.29 is 19.8 Å². The molecule has 6 nitrogen and oxygen atoms in total. The van der Waals surface area contributed by atoms with E-state index in [4.69, 9.17) is 5.11 Å². The van der Waals surface area contributed by atoms with Crippen LogP contribution in [-0.4, -0.2) is 52.3 Å². The highest BCUT2D eigenvalue weighted by Gasteiger charge is 2.25. The Balaban J connectivity index is 4.17. The maximum absolute atomic E-state index is 11.8. The van der Waals surface area contributed by atoms with E-state index in [1.54, 1.807) is 4.90 Å². The smallest absolute Gasteiger partial charge is 0.317 e. The summed E-state index contributed by atoms with van der Waals surface area (Å²) in [7, 11) is 0. The van der Waals surface area contributed by atoms with Crippen LogP contribution in [0.3, 0.4) is 0 Å². The molecular weight excluding hydrogens is 236 g/mol. The average Bonchev–Trinajstić information content (AvgIpc) is 2.26. The van der Waals surface area contributed by atoms with Gasteiger partial charge in [-0.3, -0.25) is 4.79 Å². The van der Waals surface area contributed by atoms with Crippen LogP contribution in [0, 0.1) is 0 Å². The van der Waals surface area contributed by atoms with E-state index in [1.165, 1.54) is 6.92 Å². The van der Waals surface area contributed by atoms with E-state index < -0.39 is 18.0 Å². The highest BCUT2D eigenvalue weighted by molar-refractivity contribution is 5.74. The Morgan fingerprint density at radius 3 is 2.39 bits per heavy atom. The standard InChI is InChI=1S/C12H24N2O4/c1-4-6-7-14(5-2)11(17)13-9-12(3,18)8-10(15)16/h18H,4-9H2,1-3H3,(H,13,17)(H,15,16). The Morgan fingerprint density at radius 1 is 1.33 bits per heavy atom. The zero-order chi connectivity index (χ0) is 14.2. The van der Waals surface area contributed by atoms with E-state index in [1.807, 2.05) is 13.8 Å². The Labute approximate surface area is 108 Å². The Hall–Kier alpha value is -1.30. The van der Waals surface area contributed by atoms with Crippen LogP contribution >= 0.6 is 0 Å². The number of hydrogen-bond acceptors (Lipinski definition) is 3. The van der Waals surface area contributed by atoms with E-state index in [9.17, 15) is 14.7 Å². The molecule has 2 amide bonds. The molecule has 0 radical (unpaired) electrons. The van der Waals surface area contributed by atoms with Gasteiger partial charge in [-0.25, -0.2) is 4.79 Å². The second kappa shape index (κ2) is 7.92. The maximum atomic E-state index is 11.8. The van der Waals surface area contributed by atoms with Crippen LogP contribution in [-0.2, 0) is 4.79 Å². The molecule has 106 valence electrons. The number of unbranched alkanes of at least 4 members (excludes halogenated alkanes) is 1. The number of carbonyl (C=O) groups excluding carboxylic acids is 1. The molecule has 0 aromatic rings. The molecule has 6 heteroatoms. The van der Waals surface area contributed by atoms with Crippen LogP contribution in [0.2, 0.25) is 0 Å². The fourth-order valence-electron chi connectivity index (χ4n) is 1.52. The van der Waals surface area contributed by atoms with Crippen LogP contribution in [0.25, 0.3) is 0 Å². The van der Waals surface area contributed by atoms with Crippen molar-refractivity contribution in [1.82, 2.24) is 10.2 Å². The third-order valence-electron chi connectivity index (χ3n) is 2.60. The van der Waals surface area contributed by atoms with Crippen LogP contribution in [0.5, 0.6) is 0 Å². The number of carboxylic acid groups (broad SMARTS) is 1. The fraction of sp³-hybridized carbons (Fsp3) is 0.833. The zero-order valence-electron chi connectivity index (χ0n) is 11.4. The quantitative estimate of drug-likeness (QED) is 0.608. The van der Waals surface area contributed by atoms with Gasteiger partial charge in [-0.2, -0.15) is 0 Å². The minimum Gasteiger partial charge on any atom is -0.481 e. The summed E-state index contributed by atoms with van der Waals surface area (Å²) in [5.41, 5.74) is -1.42. The molecule has 1 atom stereocenters. The summed E-state index contributed by atoms with van der Waals surface area (Å²) in [4.78, 5) is 23.9. The molecular formula is C12H24N2O4. The monoisotopic (exact) mass is 260 g/mol. The maximum Gasteiger partial charge on any atom is 0.317 e. The van der Waals surface area contributed by atoms with Crippen molar-refractivity contribution >= 4 is 12.0 Å². The number of hydrogen-bond donors (Lipinski definition) is 3. The van der Waals surface area contributed by atoms with Crippen LogP contribution < -0.4 is 5.32 Å². The second-order valence-corrected chi connectivity index (χ2v) is 4.66. The van der Waals surface area contributed by atoms with Gasteiger partial charge in [0, 0.05) is 19.6 Å². The number of carbonyl (C=O) groups is 2. The number of rotatable bonds is 8. The molecule has 0 fully saturated rings. The lowest BCUT2D eigenvalue weighted by molar-refractivity contribution is -0.141. The third-order valence-corrected chi connectivity index (χ3v) is 2.60. The molecule has 0 aromatic carbocycles. The van der Waals surface area contributed by atoms with Gasteiger partial charge in [0.05, 0.1) is 12.0 Å². The number of nitrogens with one attached hydrogen (secondary N) is 1. The summed E-state index contributed by atoms with van der Waals surface area (Å²) < 4.78 is 0. The molecule has 0 spiro atoms. The number of nitrogens with zero attached hydrogens (tertiary/aromatic N) is 1. The number of carboxylic acids is 1. The molecule has 0 aliphatic carbocycles. The molecule has 0 bridgehead atoms. The van der Waals surface area contributed by atoms with Gasteiger partial charge in [0.15, 0.2) is 0 Å². The highest BCUT2D eigenvalue weighted by Crippen LogP contribution is 2.07. The Bertz CT molecular complexity index is 279. The normalized spacial score (nSPS) is 13.8. The summed E-state index contributed by atoms with van der Waals surface area (Å²) in [6, 6.07) is -0.267. The van der Waals surface area contributed by atoms with E-state index in [-0.39, 0.29) is 12.6 Å². The Morgan fingerprint density at radius 2 is 1.94 bits per heavy atom. The predicted octanol–water partition coefficient (Wildman–Crippen LogP) is 1.04. The lowest BCUT2D eigenvalue weighted by Crippen LogP contribution is -2.47. The van der Waals surface area contributed by atoms with E-state index in [2.05, 4.69) is 5.32 Å². The van der Waals surface area contributed by atoms with Gasteiger partial charge < -0.3 is 20.4 Å². The molecule has 18 heavy (non-hydrogen) atoms. The van der Waals surface area contributed by atoms with Crippen molar-refractivity contribution in [3.63, 3.8) is 0 Å². The summed E-state index contributed by atoms with van der Waals surface area (Å²) >= 11 is 0. The molecule has 0 aliphatic heterocycles. The average molecular weight is 260 g/mol.